The third-order valence-corrected chi connectivity index (χ3v) is 5.89. The van der Waals surface area contributed by atoms with Gasteiger partial charge in [0.15, 0.2) is 15.5 Å². The fraction of sp³-hybridized carbons (Fsp3) is 0.714. The van der Waals surface area contributed by atoms with Crippen molar-refractivity contribution in [2.45, 2.75) is 32.4 Å². The number of carbonyl (C=O) groups is 1. The maximum Gasteiger partial charge on any atom is 0.274 e. The van der Waals surface area contributed by atoms with Gasteiger partial charge >= 0.3 is 0 Å². The van der Waals surface area contributed by atoms with E-state index in [-0.39, 0.29) is 17.4 Å². The largest absolute Gasteiger partial charge is 0.337 e. The first-order valence-corrected chi connectivity index (χ1v) is 9.23. The summed E-state index contributed by atoms with van der Waals surface area (Å²) in [6.45, 7) is 5.72. The highest BCUT2D eigenvalue weighted by Gasteiger charge is 2.33. The maximum atomic E-state index is 12.7. The molecule has 3 rings (SSSR count). The Kier molecular flexibility index (Phi) is 3.55. The fourth-order valence-electron chi connectivity index (χ4n) is 3.47. The molecule has 21 heavy (non-hydrogen) atoms. The first-order chi connectivity index (χ1) is 9.85. The van der Waals surface area contributed by atoms with Crippen LogP contribution in [0.3, 0.4) is 0 Å². The van der Waals surface area contributed by atoms with Crippen LogP contribution in [0.5, 0.6) is 0 Å². The van der Waals surface area contributed by atoms with Crippen LogP contribution in [0, 0.1) is 11.8 Å². The summed E-state index contributed by atoms with van der Waals surface area (Å²) in [6, 6.07) is 0. The van der Waals surface area contributed by atoms with Crippen molar-refractivity contribution >= 4 is 15.7 Å². The number of hydrogen-bond acceptors (Lipinski definition) is 4. The van der Waals surface area contributed by atoms with Crippen LogP contribution in [0.2, 0.25) is 0 Å². The number of likely N-dealkylation sites (tertiary alicyclic amines) is 1. The molecule has 1 amide bonds. The lowest BCUT2D eigenvalue weighted by atomic mass is 9.91. The molecule has 1 aromatic heterocycles. The summed E-state index contributed by atoms with van der Waals surface area (Å²) in [4.78, 5) is 14.5. The van der Waals surface area contributed by atoms with Crippen LogP contribution in [0.15, 0.2) is 0 Å². The van der Waals surface area contributed by atoms with Gasteiger partial charge in [-0.15, -0.1) is 0 Å². The van der Waals surface area contributed by atoms with Crippen molar-refractivity contribution < 1.29 is 13.2 Å². The van der Waals surface area contributed by atoms with E-state index < -0.39 is 9.84 Å². The molecule has 0 aliphatic carbocycles. The van der Waals surface area contributed by atoms with Gasteiger partial charge in [0, 0.05) is 30.8 Å². The number of rotatable bonds is 1. The van der Waals surface area contributed by atoms with E-state index in [0.717, 1.165) is 25.2 Å². The molecule has 1 N–H and O–H groups in total. The predicted molar refractivity (Wildman–Crippen MR) is 78.6 cm³/mol. The number of aromatic amines is 1. The van der Waals surface area contributed by atoms with Crippen LogP contribution >= 0.6 is 0 Å². The predicted octanol–water partition coefficient (Wildman–Crippen LogP) is 0.999. The minimum atomic E-state index is -3.11. The third-order valence-electron chi connectivity index (χ3n) is 4.34. The molecule has 0 bridgehead atoms. The average Bonchev–Trinajstić information content (AvgIpc) is 2.78. The quantitative estimate of drug-likeness (QED) is 0.838. The Morgan fingerprint density at radius 1 is 1.29 bits per heavy atom. The number of H-pyrrole nitrogens is 1. The summed E-state index contributed by atoms with van der Waals surface area (Å²) in [7, 11) is -3.11. The van der Waals surface area contributed by atoms with Gasteiger partial charge in [-0.2, -0.15) is 5.10 Å². The molecule has 2 aliphatic rings. The van der Waals surface area contributed by atoms with Gasteiger partial charge in [-0.1, -0.05) is 13.8 Å². The minimum absolute atomic E-state index is 0.0706. The highest BCUT2D eigenvalue weighted by Crippen LogP contribution is 2.26. The summed E-state index contributed by atoms with van der Waals surface area (Å²) >= 11 is 0. The zero-order chi connectivity index (χ0) is 15.2. The maximum absolute atomic E-state index is 12.7. The number of aromatic nitrogens is 2. The van der Waals surface area contributed by atoms with E-state index in [0.29, 0.717) is 29.5 Å². The minimum Gasteiger partial charge on any atom is -0.337 e. The van der Waals surface area contributed by atoms with Crippen LogP contribution in [0.25, 0.3) is 0 Å². The molecule has 0 radical (unpaired) electrons. The second-order valence-corrected chi connectivity index (χ2v) is 8.71. The molecule has 1 aromatic rings. The zero-order valence-electron chi connectivity index (χ0n) is 12.4. The number of fused-ring (bicyclic) bond motifs is 1. The van der Waals surface area contributed by atoms with Crippen LogP contribution < -0.4 is 0 Å². The summed E-state index contributed by atoms with van der Waals surface area (Å²) in [5.74, 6) is 0.863. The summed E-state index contributed by atoms with van der Waals surface area (Å²) in [6.07, 6.45) is 1.54. The van der Waals surface area contributed by atoms with E-state index in [1.54, 1.807) is 0 Å². The van der Waals surface area contributed by atoms with E-state index in [2.05, 4.69) is 24.0 Å². The molecule has 6 nitrogen and oxygen atoms in total. The van der Waals surface area contributed by atoms with Crippen molar-refractivity contribution in [2.75, 3.05) is 18.8 Å². The highest BCUT2D eigenvalue weighted by molar-refractivity contribution is 7.90. The fourth-order valence-corrected chi connectivity index (χ4v) is 4.88. The van der Waals surface area contributed by atoms with Gasteiger partial charge in [0.25, 0.3) is 5.91 Å². The molecule has 3 heterocycles. The van der Waals surface area contributed by atoms with E-state index in [9.17, 15) is 13.2 Å². The van der Waals surface area contributed by atoms with Gasteiger partial charge < -0.3 is 4.90 Å². The van der Waals surface area contributed by atoms with Crippen molar-refractivity contribution in [3.63, 3.8) is 0 Å². The normalized spacial score (nSPS) is 28.2. The Balaban J connectivity index is 1.88. The Bertz CT molecular complexity index is 655. The first kappa shape index (κ1) is 14.6. The van der Waals surface area contributed by atoms with Crippen molar-refractivity contribution in [2.24, 2.45) is 11.8 Å². The number of sulfone groups is 1. The van der Waals surface area contributed by atoms with Gasteiger partial charge in [-0.3, -0.25) is 9.89 Å². The molecule has 2 aliphatic heterocycles. The average molecular weight is 311 g/mol. The molecule has 1 saturated heterocycles. The molecule has 0 aromatic carbocycles. The Hall–Kier alpha value is -1.37. The van der Waals surface area contributed by atoms with Crippen molar-refractivity contribution in [3.05, 3.63) is 17.0 Å². The van der Waals surface area contributed by atoms with Crippen molar-refractivity contribution in [1.29, 1.82) is 0 Å². The van der Waals surface area contributed by atoms with Gasteiger partial charge in [-0.05, 0) is 18.3 Å². The number of aryl methyl sites for hydroxylation is 1. The Morgan fingerprint density at radius 3 is 2.62 bits per heavy atom. The summed E-state index contributed by atoms with van der Waals surface area (Å²) < 4.78 is 23.6. The second kappa shape index (κ2) is 5.12. The molecular weight excluding hydrogens is 290 g/mol. The van der Waals surface area contributed by atoms with Crippen molar-refractivity contribution in [3.8, 4) is 0 Å². The lowest BCUT2D eigenvalue weighted by molar-refractivity contribution is 0.0616. The molecule has 0 spiro atoms. The number of amides is 1. The van der Waals surface area contributed by atoms with Gasteiger partial charge in [0.05, 0.1) is 11.5 Å². The molecule has 1 fully saturated rings. The second-order valence-electron chi connectivity index (χ2n) is 6.53. The van der Waals surface area contributed by atoms with E-state index in [4.69, 9.17) is 0 Å². The van der Waals surface area contributed by atoms with Crippen LogP contribution in [0.4, 0.5) is 0 Å². The lowest BCUT2D eigenvalue weighted by Gasteiger charge is -2.34. The van der Waals surface area contributed by atoms with Gasteiger partial charge in [0.2, 0.25) is 0 Å². The third kappa shape index (κ3) is 2.84. The standard InChI is InChI=1S/C14H21N3O3S/c1-9-5-10(2)7-17(6-9)14(18)13-11-8-21(19,20)4-3-12(11)15-16-13/h9-10H,3-8H2,1-2H3,(H,15,16). The SMILES string of the molecule is CC1CC(C)CN(C(=O)c2n[nH]c3c2CS(=O)(=O)CC3)C1. The summed E-state index contributed by atoms with van der Waals surface area (Å²) in [5.41, 5.74) is 1.68. The molecule has 7 heteroatoms. The number of nitrogens with one attached hydrogen (secondary N) is 1. The highest BCUT2D eigenvalue weighted by atomic mass is 32.2. The van der Waals surface area contributed by atoms with Crippen LogP contribution in [-0.4, -0.2) is 48.3 Å². The van der Waals surface area contributed by atoms with E-state index >= 15 is 0 Å². The van der Waals surface area contributed by atoms with Gasteiger partial charge in [-0.25, -0.2) is 8.42 Å². The molecule has 116 valence electrons. The number of piperidine rings is 1. The first-order valence-electron chi connectivity index (χ1n) is 7.41. The lowest BCUT2D eigenvalue weighted by Crippen LogP contribution is -2.43. The topological polar surface area (TPSA) is 83.1 Å². The zero-order valence-corrected chi connectivity index (χ0v) is 13.2. The summed E-state index contributed by atoms with van der Waals surface area (Å²) in [5, 5.41) is 6.95. The molecule has 0 saturated carbocycles. The molecular formula is C14H21N3O3S. The Labute approximate surface area is 124 Å². The monoisotopic (exact) mass is 311 g/mol. The van der Waals surface area contributed by atoms with E-state index in [1.807, 2.05) is 4.90 Å². The number of hydrogen-bond donors (Lipinski definition) is 1. The number of nitrogens with zero attached hydrogens (tertiary/aromatic N) is 2. The van der Waals surface area contributed by atoms with Gasteiger partial charge in [0.1, 0.15) is 0 Å². The van der Waals surface area contributed by atoms with Crippen LogP contribution in [0.1, 0.15) is 42.0 Å². The Morgan fingerprint density at radius 2 is 1.95 bits per heavy atom. The molecule has 2 unspecified atom stereocenters. The van der Waals surface area contributed by atoms with Crippen LogP contribution in [-0.2, 0) is 22.0 Å². The smallest absolute Gasteiger partial charge is 0.274 e. The number of carbonyl (C=O) groups excluding carboxylic acids is 1. The van der Waals surface area contributed by atoms with Crippen molar-refractivity contribution in [1.82, 2.24) is 15.1 Å². The molecule has 2 atom stereocenters. The van der Waals surface area contributed by atoms with E-state index in [1.165, 1.54) is 0 Å².